The SMILES string of the molecule is CC(Cc1cccs1)N(C)c1cccc(NN)c1[N+](=O)[O-]. The van der Waals surface area contributed by atoms with Crippen molar-refractivity contribution in [1.29, 1.82) is 0 Å². The number of nitrogens with one attached hydrogen (secondary N) is 1. The standard InChI is InChI=1S/C14H18N4O2S/c1-10(9-11-5-4-8-21-11)17(2)13-7-3-6-12(16-15)14(13)18(19)20/h3-8,10,16H,9,15H2,1-2H3. The molecule has 0 fully saturated rings. The zero-order valence-electron chi connectivity index (χ0n) is 11.9. The molecular weight excluding hydrogens is 288 g/mol. The van der Waals surface area contributed by atoms with Gasteiger partial charge < -0.3 is 10.3 Å². The molecule has 6 nitrogen and oxygen atoms in total. The van der Waals surface area contributed by atoms with Gasteiger partial charge in [0.2, 0.25) is 0 Å². The number of anilines is 2. The van der Waals surface area contributed by atoms with Gasteiger partial charge in [-0.15, -0.1) is 11.3 Å². The number of nitro groups is 1. The first-order chi connectivity index (χ1) is 10.0. The molecule has 1 aromatic carbocycles. The van der Waals surface area contributed by atoms with Gasteiger partial charge in [0, 0.05) is 24.4 Å². The molecule has 0 radical (unpaired) electrons. The lowest BCUT2D eigenvalue weighted by Crippen LogP contribution is -2.31. The van der Waals surface area contributed by atoms with Gasteiger partial charge in [-0.3, -0.25) is 16.0 Å². The molecule has 0 saturated heterocycles. The molecule has 0 bridgehead atoms. The third-order valence-electron chi connectivity index (χ3n) is 3.47. The number of likely N-dealkylation sites (N-methyl/N-ethyl adjacent to an activating group) is 1. The molecule has 112 valence electrons. The van der Waals surface area contributed by atoms with Gasteiger partial charge in [0.1, 0.15) is 11.4 Å². The average Bonchev–Trinajstić information content (AvgIpc) is 2.98. The van der Waals surface area contributed by atoms with Gasteiger partial charge in [0.05, 0.1) is 4.92 Å². The lowest BCUT2D eigenvalue weighted by Gasteiger charge is -2.27. The van der Waals surface area contributed by atoms with E-state index in [1.54, 1.807) is 29.5 Å². The van der Waals surface area contributed by atoms with E-state index in [9.17, 15) is 10.1 Å². The topological polar surface area (TPSA) is 84.4 Å². The van der Waals surface area contributed by atoms with E-state index in [2.05, 4.69) is 11.5 Å². The highest BCUT2D eigenvalue weighted by molar-refractivity contribution is 7.09. The molecule has 3 N–H and O–H groups in total. The van der Waals surface area contributed by atoms with Crippen LogP contribution in [0.15, 0.2) is 35.7 Å². The third kappa shape index (κ3) is 3.32. The van der Waals surface area contributed by atoms with E-state index in [1.807, 2.05) is 30.3 Å². The molecule has 0 aliphatic rings. The van der Waals surface area contributed by atoms with Crippen molar-refractivity contribution in [3.8, 4) is 0 Å². The minimum Gasteiger partial charge on any atom is -0.366 e. The van der Waals surface area contributed by atoms with E-state index >= 15 is 0 Å². The number of nitrogens with zero attached hydrogens (tertiary/aromatic N) is 2. The van der Waals surface area contributed by atoms with Crippen molar-refractivity contribution >= 4 is 28.4 Å². The number of para-hydroxylation sites is 1. The maximum absolute atomic E-state index is 11.3. The zero-order valence-corrected chi connectivity index (χ0v) is 12.8. The molecule has 2 aromatic rings. The van der Waals surface area contributed by atoms with Crippen LogP contribution in [0.3, 0.4) is 0 Å². The second kappa shape index (κ2) is 6.55. The van der Waals surface area contributed by atoms with E-state index in [1.165, 1.54) is 4.88 Å². The first kappa shape index (κ1) is 15.3. The molecule has 0 spiro atoms. The van der Waals surface area contributed by atoms with Crippen LogP contribution in [-0.2, 0) is 6.42 Å². The van der Waals surface area contributed by atoms with Gasteiger partial charge in [-0.25, -0.2) is 0 Å². The fourth-order valence-corrected chi connectivity index (χ4v) is 3.05. The van der Waals surface area contributed by atoms with Gasteiger partial charge in [0.15, 0.2) is 0 Å². The minimum atomic E-state index is -0.404. The summed E-state index contributed by atoms with van der Waals surface area (Å²) in [6.45, 7) is 2.05. The van der Waals surface area contributed by atoms with Crippen LogP contribution in [0.1, 0.15) is 11.8 Å². The largest absolute Gasteiger partial charge is 0.366 e. The second-order valence-corrected chi connectivity index (χ2v) is 5.85. The Bertz CT molecular complexity index is 615. The summed E-state index contributed by atoms with van der Waals surface area (Å²) < 4.78 is 0. The Morgan fingerprint density at radius 1 is 1.43 bits per heavy atom. The molecule has 0 aliphatic heterocycles. The summed E-state index contributed by atoms with van der Waals surface area (Å²) in [5.74, 6) is 5.37. The van der Waals surface area contributed by atoms with E-state index in [0.717, 1.165) is 6.42 Å². The van der Waals surface area contributed by atoms with E-state index in [-0.39, 0.29) is 11.7 Å². The molecular formula is C14H18N4O2S. The average molecular weight is 306 g/mol. The Morgan fingerprint density at radius 3 is 2.76 bits per heavy atom. The second-order valence-electron chi connectivity index (χ2n) is 4.82. The number of benzene rings is 1. The van der Waals surface area contributed by atoms with Gasteiger partial charge in [-0.1, -0.05) is 12.1 Å². The summed E-state index contributed by atoms with van der Waals surface area (Å²) in [5.41, 5.74) is 3.26. The first-order valence-corrected chi connectivity index (χ1v) is 7.41. The molecule has 0 aliphatic carbocycles. The van der Waals surface area contributed by atoms with E-state index in [4.69, 9.17) is 5.84 Å². The van der Waals surface area contributed by atoms with Crippen LogP contribution in [0.2, 0.25) is 0 Å². The summed E-state index contributed by atoms with van der Waals surface area (Å²) in [5, 5.41) is 13.4. The number of hydrogen-bond donors (Lipinski definition) is 2. The van der Waals surface area contributed by atoms with Crippen molar-refractivity contribution in [2.75, 3.05) is 17.4 Å². The number of hydrogen-bond acceptors (Lipinski definition) is 6. The monoisotopic (exact) mass is 306 g/mol. The van der Waals surface area contributed by atoms with E-state index < -0.39 is 4.92 Å². The molecule has 1 aromatic heterocycles. The third-order valence-corrected chi connectivity index (χ3v) is 4.37. The maximum atomic E-state index is 11.3. The summed E-state index contributed by atoms with van der Waals surface area (Å²) in [6.07, 6.45) is 0.839. The van der Waals surface area contributed by atoms with Crippen LogP contribution >= 0.6 is 11.3 Å². The van der Waals surface area contributed by atoms with Crippen LogP contribution in [0, 0.1) is 10.1 Å². The quantitative estimate of drug-likeness (QED) is 0.487. The first-order valence-electron chi connectivity index (χ1n) is 6.53. The number of nitrogens with two attached hydrogens (primary N) is 1. The highest BCUT2D eigenvalue weighted by Crippen LogP contribution is 2.35. The van der Waals surface area contributed by atoms with Crippen molar-refractivity contribution < 1.29 is 4.92 Å². The lowest BCUT2D eigenvalue weighted by atomic mass is 10.1. The van der Waals surface area contributed by atoms with Crippen molar-refractivity contribution in [3.05, 3.63) is 50.7 Å². The minimum absolute atomic E-state index is 0.000490. The fraction of sp³-hybridized carbons (Fsp3) is 0.286. The number of nitrogen functional groups attached to an aromatic ring is 1. The molecule has 21 heavy (non-hydrogen) atoms. The Labute approximate surface area is 127 Å². The summed E-state index contributed by atoms with van der Waals surface area (Å²) in [4.78, 5) is 14.1. The van der Waals surface area contributed by atoms with Gasteiger partial charge in [-0.05, 0) is 30.5 Å². The number of thiophene rings is 1. The van der Waals surface area contributed by atoms with Crippen molar-refractivity contribution in [3.63, 3.8) is 0 Å². The number of rotatable bonds is 6. The highest BCUT2D eigenvalue weighted by Gasteiger charge is 2.24. The van der Waals surface area contributed by atoms with Crippen LogP contribution in [0.4, 0.5) is 17.1 Å². The fourth-order valence-electron chi connectivity index (χ4n) is 2.22. The van der Waals surface area contributed by atoms with Gasteiger partial charge in [0.25, 0.3) is 0 Å². The van der Waals surface area contributed by atoms with Crippen LogP contribution < -0.4 is 16.2 Å². The van der Waals surface area contributed by atoms with Crippen molar-refractivity contribution in [2.24, 2.45) is 5.84 Å². The predicted molar refractivity (Wildman–Crippen MR) is 86.8 cm³/mol. The van der Waals surface area contributed by atoms with Gasteiger partial charge in [-0.2, -0.15) is 0 Å². The Morgan fingerprint density at radius 2 is 2.19 bits per heavy atom. The summed E-state index contributed by atoms with van der Waals surface area (Å²) in [7, 11) is 1.86. The normalized spacial score (nSPS) is 12.0. The Hall–Kier alpha value is -2.12. The molecule has 0 saturated carbocycles. The highest BCUT2D eigenvalue weighted by atomic mass is 32.1. The number of hydrazine groups is 1. The smallest absolute Gasteiger partial charge is 0.316 e. The molecule has 1 unspecified atom stereocenters. The van der Waals surface area contributed by atoms with Crippen LogP contribution in [-0.4, -0.2) is 18.0 Å². The summed E-state index contributed by atoms with van der Waals surface area (Å²) >= 11 is 1.69. The predicted octanol–water partition coefficient (Wildman–Crippen LogP) is 3.01. The van der Waals surface area contributed by atoms with Crippen molar-refractivity contribution in [2.45, 2.75) is 19.4 Å². The van der Waals surface area contributed by atoms with Crippen LogP contribution in [0.5, 0.6) is 0 Å². The Balaban J connectivity index is 2.29. The molecule has 1 heterocycles. The molecule has 7 heteroatoms. The van der Waals surface area contributed by atoms with E-state index in [0.29, 0.717) is 11.4 Å². The Kier molecular flexibility index (Phi) is 4.77. The van der Waals surface area contributed by atoms with Gasteiger partial charge >= 0.3 is 5.69 Å². The maximum Gasteiger partial charge on any atom is 0.316 e. The van der Waals surface area contributed by atoms with Crippen molar-refractivity contribution in [1.82, 2.24) is 0 Å². The molecule has 2 rings (SSSR count). The molecule has 0 amide bonds. The molecule has 1 atom stereocenters. The number of nitro benzene ring substituents is 1. The summed E-state index contributed by atoms with van der Waals surface area (Å²) in [6, 6.07) is 9.31. The zero-order chi connectivity index (χ0) is 15.4. The lowest BCUT2D eigenvalue weighted by molar-refractivity contribution is -0.383. The van der Waals surface area contributed by atoms with Crippen LogP contribution in [0.25, 0.3) is 0 Å².